The summed E-state index contributed by atoms with van der Waals surface area (Å²) in [5.74, 6) is -0.0326. The van der Waals surface area contributed by atoms with Gasteiger partial charge in [0.1, 0.15) is 0 Å². The molecule has 0 unspecified atom stereocenters. The van der Waals surface area contributed by atoms with E-state index in [-0.39, 0.29) is 11.9 Å². The van der Waals surface area contributed by atoms with Crippen LogP contribution in [-0.2, 0) is 0 Å². The molecule has 0 aliphatic heterocycles. The number of rotatable bonds is 6. The largest absolute Gasteiger partial charge is 0.335 e. The normalized spacial score (nSPS) is 10.8. The zero-order valence-electron chi connectivity index (χ0n) is 11.1. The Morgan fingerprint density at radius 2 is 1.95 bits per heavy atom. The molecule has 0 saturated carbocycles. The highest BCUT2D eigenvalue weighted by molar-refractivity contribution is 9.09. The molecule has 0 spiro atoms. The molecule has 0 aliphatic carbocycles. The maximum atomic E-state index is 12.6. The van der Waals surface area contributed by atoms with Crippen LogP contribution in [-0.4, -0.2) is 28.7 Å². The molecular formula is C14H18BrCl2NO. The molecule has 1 rings (SSSR count). The number of hydrogen-bond acceptors (Lipinski definition) is 1. The van der Waals surface area contributed by atoms with E-state index in [4.69, 9.17) is 23.2 Å². The van der Waals surface area contributed by atoms with Gasteiger partial charge >= 0.3 is 0 Å². The lowest BCUT2D eigenvalue weighted by Gasteiger charge is -2.30. The second kappa shape index (κ2) is 8.13. The molecule has 0 heterocycles. The molecule has 2 nitrogen and oxygen atoms in total. The molecule has 106 valence electrons. The summed E-state index contributed by atoms with van der Waals surface area (Å²) in [6.07, 6.45) is 1.86. The molecule has 1 amide bonds. The fraction of sp³-hybridized carbons (Fsp3) is 0.500. The Kier molecular flexibility index (Phi) is 7.19. The molecule has 0 atom stereocenters. The fourth-order valence-corrected chi connectivity index (χ4v) is 2.96. The van der Waals surface area contributed by atoms with Crippen LogP contribution in [0.5, 0.6) is 0 Å². The first kappa shape index (κ1) is 16.8. The molecule has 1 aromatic carbocycles. The molecule has 1 aromatic rings. The Morgan fingerprint density at radius 1 is 1.32 bits per heavy atom. The lowest BCUT2D eigenvalue weighted by molar-refractivity contribution is 0.0683. The van der Waals surface area contributed by atoms with E-state index in [9.17, 15) is 4.79 Å². The molecule has 0 fully saturated rings. The van der Waals surface area contributed by atoms with E-state index in [1.807, 2.05) is 4.90 Å². The number of hydrogen-bond donors (Lipinski definition) is 0. The summed E-state index contributed by atoms with van der Waals surface area (Å²) in [5, 5.41) is 1.69. The summed E-state index contributed by atoms with van der Waals surface area (Å²) in [6, 6.07) is 5.23. The first-order valence-electron chi connectivity index (χ1n) is 6.37. The van der Waals surface area contributed by atoms with Gasteiger partial charge in [-0.1, -0.05) is 53.0 Å². The first-order chi connectivity index (χ1) is 9.04. The average molecular weight is 367 g/mol. The third-order valence-corrected chi connectivity index (χ3v) is 4.03. The number of amides is 1. The van der Waals surface area contributed by atoms with Crippen LogP contribution < -0.4 is 0 Å². The lowest BCUT2D eigenvalue weighted by Crippen LogP contribution is -2.41. The minimum Gasteiger partial charge on any atom is -0.335 e. The van der Waals surface area contributed by atoms with Crippen molar-refractivity contribution in [1.29, 1.82) is 0 Å². The Hall–Kier alpha value is -0.250. The van der Waals surface area contributed by atoms with Crippen molar-refractivity contribution in [1.82, 2.24) is 4.90 Å². The van der Waals surface area contributed by atoms with E-state index in [0.717, 1.165) is 18.2 Å². The smallest absolute Gasteiger partial charge is 0.255 e. The van der Waals surface area contributed by atoms with Crippen molar-refractivity contribution < 1.29 is 4.79 Å². The average Bonchev–Trinajstić information content (AvgIpc) is 2.38. The van der Waals surface area contributed by atoms with E-state index in [0.29, 0.717) is 22.2 Å². The zero-order valence-corrected chi connectivity index (χ0v) is 14.2. The zero-order chi connectivity index (χ0) is 14.4. The van der Waals surface area contributed by atoms with Crippen molar-refractivity contribution in [2.45, 2.75) is 32.7 Å². The highest BCUT2D eigenvalue weighted by atomic mass is 79.9. The summed E-state index contributed by atoms with van der Waals surface area (Å²) in [6.45, 7) is 4.85. The second-order valence-corrected chi connectivity index (χ2v) is 5.92. The molecule has 0 aliphatic rings. The van der Waals surface area contributed by atoms with Gasteiger partial charge in [-0.15, -0.1) is 0 Å². The van der Waals surface area contributed by atoms with Crippen LogP contribution in [0.3, 0.4) is 0 Å². The summed E-state index contributed by atoms with van der Waals surface area (Å²) in [5.41, 5.74) is 0.513. The summed E-state index contributed by atoms with van der Waals surface area (Å²) < 4.78 is 0. The van der Waals surface area contributed by atoms with Crippen LogP contribution in [0, 0.1) is 0 Å². The highest BCUT2D eigenvalue weighted by Gasteiger charge is 2.23. The molecule has 0 aromatic heterocycles. The maximum absolute atomic E-state index is 12.6. The number of carbonyl (C=O) groups is 1. The van der Waals surface area contributed by atoms with E-state index < -0.39 is 0 Å². The topological polar surface area (TPSA) is 20.3 Å². The summed E-state index contributed by atoms with van der Waals surface area (Å²) in [4.78, 5) is 14.5. The van der Waals surface area contributed by atoms with Crippen molar-refractivity contribution in [2.24, 2.45) is 0 Å². The Morgan fingerprint density at radius 3 is 2.42 bits per heavy atom. The molecule has 0 radical (unpaired) electrons. The van der Waals surface area contributed by atoms with Gasteiger partial charge in [-0.25, -0.2) is 0 Å². The summed E-state index contributed by atoms with van der Waals surface area (Å²) >= 11 is 15.4. The van der Waals surface area contributed by atoms with Crippen LogP contribution in [0.25, 0.3) is 0 Å². The predicted octanol–water partition coefficient (Wildman–Crippen LogP) is 5.02. The predicted molar refractivity (Wildman–Crippen MR) is 85.7 cm³/mol. The Balaban J connectivity index is 3.04. The van der Waals surface area contributed by atoms with Crippen molar-refractivity contribution in [3.63, 3.8) is 0 Å². The van der Waals surface area contributed by atoms with Gasteiger partial charge in [-0.3, -0.25) is 4.79 Å². The lowest BCUT2D eigenvalue weighted by atomic mass is 10.1. The molecule has 5 heteroatoms. The van der Waals surface area contributed by atoms with Crippen LogP contribution in [0.4, 0.5) is 0 Å². The van der Waals surface area contributed by atoms with Crippen LogP contribution >= 0.6 is 39.1 Å². The molecule has 0 N–H and O–H groups in total. The molecule has 19 heavy (non-hydrogen) atoms. The minimum atomic E-state index is -0.0326. The molecular weight excluding hydrogens is 349 g/mol. The third kappa shape index (κ3) is 4.37. The van der Waals surface area contributed by atoms with Crippen LogP contribution in [0.15, 0.2) is 18.2 Å². The third-order valence-electron chi connectivity index (χ3n) is 3.13. The number of nitrogens with zero attached hydrogens (tertiary/aromatic N) is 1. The van der Waals surface area contributed by atoms with E-state index in [2.05, 4.69) is 29.8 Å². The van der Waals surface area contributed by atoms with Gasteiger partial charge in [0.15, 0.2) is 0 Å². The first-order valence-corrected chi connectivity index (χ1v) is 8.24. The van der Waals surface area contributed by atoms with Crippen molar-refractivity contribution in [3.8, 4) is 0 Å². The van der Waals surface area contributed by atoms with E-state index in [1.165, 1.54) is 0 Å². The van der Waals surface area contributed by atoms with Gasteiger partial charge in [0, 0.05) is 22.9 Å². The van der Waals surface area contributed by atoms with E-state index in [1.54, 1.807) is 18.2 Å². The van der Waals surface area contributed by atoms with Gasteiger partial charge < -0.3 is 4.90 Å². The van der Waals surface area contributed by atoms with E-state index >= 15 is 0 Å². The monoisotopic (exact) mass is 365 g/mol. The maximum Gasteiger partial charge on any atom is 0.255 e. The molecule has 0 saturated heterocycles. The Bertz CT molecular complexity index is 435. The number of alkyl halides is 1. The highest BCUT2D eigenvalue weighted by Crippen LogP contribution is 2.24. The number of halogens is 3. The Labute approximate surface area is 133 Å². The van der Waals surface area contributed by atoms with Gasteiger partial charge in [0.2, 0.25) is 0 Å². The van der Waals surface area contributed by atoms with Gasteiger partial charge in [0.25, 0.3) is 5.91 Å². The SMILES string of the molecule is CCC(CC)N(CCBr)C(=O)c1ccc(Cl)cc1Cl. The van der Waals surface area contributed by atoms with Crippen molar-refractivity contribution in [2.75, 3.05) is 11.9 Å². The van der Waals surface area contributed by atoms with Crippen molar-refractivity contribution >= 4 is 45.0 Å². The molecule has 0 bridgehead atoms. The van der Waals surface area contributed by atoms with Gasteiger partial charge in [-0.2, -0.15) is 0 Å². The fourth-order valence-electron chi connectivity index (χ4n) is 2.09. The van der Waals surface area contributed by atoms with Gasteiger partial charge in [-0.05, 0) is 31.0 Å². The number of benzene rings is 1. The number of carbonyl (C=O) groups excluding carboxylic acids is 1. The van der Waals surface area contributed by atoms with Crippen LogP contribution in [0.2, 0.25) is 10.0 Å². The quantitative estimate of drug-likeness (QED) is 0.647. The van der Waals surface area contributed by atoms with Crippen molar-refractivity contribution in [3.05, 3.63) is 33.8 Å². The van der Waals surface area contributed by atoms with Gasteiger partial charge in [0.05, 0.1) is 10.6 Å². The van der Waals surface area contributed by atoms with Crippen LogP contribution in [0.1, 0.15) is 37.0 Å². The second-order valence-electron chi connectivity index (χ2n) is 4.28. The summed E-state index contributed by atoms with van der Waals surface area (Å²) in [7, 11) is 0. The minimum absolute atomic E-state index is 0.0326. The standard InChI is InChI=1S/C14H18BrCl2NO/c1-3-11(4-2)18(8-7-15)14(19)12-6-5-10(16)9-13(12)17/h5-6,9,11H,3-4,7-8H2,1-2H3.